The van der Waals surface area contributed by atoms with Crippen LogP contribution in [0.25, 0.3) is 0 Å². The molecule has 1 aliphatic rings. The first-order chi connectivity index (χ1) is 10.3. The van der Waals surface area contributed by atoms with E-state index < -0.39 is 0 Å². The van der Waals surface area contributed by atoms with Crippen molar-refractivity contribution in [1.29, 1.82) is 0 Å². The van der Waals surface area contributed by atoms with E-state index >= 15 is 0 Å². The van der Waals surface area contributed by atoms with Crippen LogP contribution in [0.5, 0.6) is 0 Å². The van der Waals surface area contributed by atoms with Crippen molar-refractivity contribution in [3.05, 3.63) is 11.7 Å². The highest BCUT2D eigenvalue weighted by atomic mass is 16.5. The zero-order valence-electron chi connectivity index (χ0n) is 13.6. The van der Waals surface area contributed by atoms with E-state index in [0.717, 1.165) is 24.7 Å². The van der Waals surface area contributed by atoms with Crippen molar-refractivity contribution in [2.75, 3.05) is 6.54 Å². The van der Waals surface area contributed by atoms with E-state index in [0.29, 0.717) is 6.04 Å². The van der Waals surface area contributed by atoms with Gasteiger partial charge in [-0.15, -0.1) is 0 Å². The average molecular weight is 293 g/mol. The molecule has 1 aromatic rings. The molecule has 0 unspecified atom stereocenters. The molecule has 1 fully saturated rings. The monoisotopic (exact) mass is 293 g/mol. The van der Waals surface area contributed by atoms with E-state index in [-0.39, 0.29) is 0 Å². The normalized spacial score (nSPS) is 19.9. The van der Waals surface area contributed by atoms with Crippen LogP contribution in [0.2, 0.25) is 0 Å². The van der Waals surface area contributed by atoms with Crippen LogP contribution >= 0.6 is 0 Å². The second kappa shape index (κ2) is 9.93. The zero-order valence-corrected chi connectivity index (χ0v) is 13.6. The number of hydrogen-bond donors (Lipinski definition) is 1. The summed E-state index contributed by atoms with van der Waals surface area (Å²) in [6.45, 7) is 2.82. The van der Waals surface area contributed by atoms with Crippen LogP contribution in [0, 0.1) is 6.92 Å². The maximum absolute atomic E-state index is 5.16. The second-order valence-corrected chi connectivity index (χ2v) is 6.40. The zero-order chi connectivity index (χ0) is 14.8. The van der Waals surface area contributed by atoms with Gasteiger partial charge in [0.1, 0.15) is 0 Å². The van der Waals surface area contributed by atoms with Gasteiger partial charge < -0.3 is 9.84 Å². The molecule has 1 N–H and O–H groups in total. The lowest BCUT2D eigenvalue weighted by Crippen LogP contribution is -2.31. The highest BCUT2D eigenvalue weighted by molar-refractivity contribution is 4.83. The molecule has 0 radical (unpaired) electrons. The van der Waals surface area contributed by atoms with E-state index in [1.165, 1.54) is 70.6 Å². The molecule has 4 heteroatoms. The smallest absolute Gasteiger partial charge is 0.227 e. The number of hydrogen-bond acceptors (Lipinski definition) is 4. The van der Waals surface area contributed by atoms with Crippen molar-refractivity contribution in [2.24, 2.45) is 0 Å². The van der Waals surface area contributed by atoms with Gasteiger partial charge >= 0.3 is 0 Å². The predicted molar refractivity (Wildman–Crippen MR) is 85.3 cm³/mol. The summed E-state index contributed by atoms with van der Waals surface area (Å²) in [4.78, 5) is 4.26. The molecule has 0 amide bonds. The molecular formula is C17H31N3O. The van der Waals surface area contributed by atoms with Gasteiger partial charge in [-0.1, -0.05) is 62.9 Å². The summed E-state index contributed by atoms with van der Waals surface area (Å²) in [5.41, 5.74) is 0. The van der Waals surface area contributed by atoms with E-state index in [9.17, 15) is 0 Å². The fourth-order valence-electron chi connectivity index (χ4n) is 3.19. The van der Waals surface area contributed by atoms with Crippen LogP contribution in [0.1, 0.15) is 82.3 Å². The number of nitrogens with one attached hydrogen (secondary N) is 1. The molecule has 4 nitrogen and oxygen atoms in total. The third-order valence-corrected chi connectivity index (χ3v) is 4.45. The van der Waals surface area contributed by atoms with E-state index in [1.807, 2.05) is 6.92 Å². The Bertz CT molecular complexity index is 366. The van der Waals surface area contributed by atoms with Gasteiger partial charge in [0.2, 0.25) is 5.89 Å². The third-order valence-electron chi connectivity index (χ3n) is 4.45. The van der Waals surface area contributed by atoms with Gasteiger partial charge in [-0.25, -0.2) is 0 Å². The molecule has 0 bridgehead atoms. The van der Waals surface area contributed by atoms with Crippen molar-refractivity contribution < 1.29 is 4.52 Å². The fourth-order valence-corrected chi connectivity index (χ4v) is 3.19. The van der Waals surface area contributed by atoms with Crippen LogP contribution in [0.4, 0.5) is 0 Å². The van der Waals surface area contributed by atoms with Gasteiger partial charge in [-0.2, -0.15) is 4.98 Å². The first-order valence-electron chi connectivity index (χ1n) is 8.87. The van der Waals surface area contributed by atoms with E-state index in [2.05, 4.69) is 15.5 Å². The molecule has 0 aliphatic heterocycles. The minimum Gasteiger partial charge on any atom is -0.339 e. The first kappa shape index (κ1) is 16.5. The molecule has 0 atom stereocenters. The molecule has 120 valence electrons. The molecule has 0 spiro atoms. The third kappa shape index (κ3) is 7.07. The Morgan fingerprint density at radius 1 is 0.952 bits per heavy atom. The topological polar surface area (TPSA) is 51.0 Å². The Labute approximate surface area is 129 Å². The highest BCUT2D eigenvalue weighted by Crippen LogP contribution is 2.16. The second-order valence-electron chi connectivity index (χ2n) is 6.40. The SMILES string of the molecule is Cc1noc(CCNC2CCCCCCCCCCC2)n1. The number of aryl methyl sites for hydroxylation is 1. The Balaban J connectivity index is 1.67. The van der Waals surface area contributed by atoms with Crippen molar-refractivity contribution in [3.8, 4) is 0 Å². The maximum atomic E-state index is 5.16. The molecule has 0 aromatic carbocycles. The van der Waals surface area contributed by atoms with Crippen molar-refractivity contribution >= 4 is 0 Å². The molecular weight excluding hydrogens is 262 g/mol. The first-order valence-corrected chi connectivity index (χ1v) is 8.87. The largest absolute Gasteiger partial charge is 0.339 e. The minimum atomic E-state index is 0.674. The van der Waals surface area contributed by atoms with Crippen LogP contribution in [0.15, 0.2) is 4.52 Å². The van der Waals surface area contributed by atoms with Gasteiger partial charge in [0.15, 0.2) is 5.82 Å². The van der Waals surface area contributed by atoms with Gasteiger partial charge in [-0.3, -0.25) is 0 Å². The molecule has 21 heavy (non-hydrogen) atoms. The standard InChI is InChI=1S/C17H31N3O/c1-15-19-17(21-20-15)13-14-18-16-11-9-7-5-3-2-4-6-8-10-12-16/h16,18H,2-14H2,1H3. The van der Waals surface area contributed by atoms with Crippen LogP contribution in [0.3, 0.4) is 0 Å². The molecule has 1 aliphatic carbocycles. The Kier molecular flexibility index (Phi) is 7.79. The van der Waals surface area contributed by atoms with E-state index in [4.69, 9.17) is 4.52 Å². The van der Waals surface area contributed by atoms with Gasteiger partial charge in [0.25, 0.3) is 0 Å². The van der Waals surface area contributed by atoms with Crippen LogP contribution in [-0.2, 0) is 6.42 Å². The average Bonchev–Trinajstić information content (AvgIpc) is 2.87. The summed E-state index contributed by atoms with van der Waals surface area (Å²) in [5, 5.41) is 7.54. The summed E-state index contributed by atoms with van der Waals surface area (Å²) < 4.78 is 5.16. The molecule has 1 saturated carbocycles. The summed E-state index contributed by atoms with van der Waals surface area (Å²) in [6.07, 6.45) is 16.2. The quantitative estimate of drug-likeness (QED) is 0.904. The Morgan fingerprint density at radius 3 is 2.05 bits per heavy atom. The van der Waals surface area contributed by atoms with Crippen molar-refractivity contribution in [2.45, 2.75) is 90.0 Å². The summed E-state index contributed by atoms with van der Waals surface area (Å²) in [5.74, 6) is 1.49. The number of nitrogens with zero attached hydrogens (tertiary/aromatic N) is 2. The lowest BCUT2D eigenvalue weighted by atomic mass is 9.98. The van der Waals surface area contributed by atoms with Crippen molar-refractivity contribution in [3.63, 3.8) is 0 Å². The lowest BCUT2D eigenvalue weighted by Gasteiger charge is -2.19. The minimum absolute atomic E-state index is 0.674. The van der Waals surface area contributed by atoms with Crippen LogP contribution in [-0.4, -0.2) is 22.7 Å². The number of rotatable bonds is 4. The summed E-state index contributed by atoms with van der Waals surface area (Å²) in [7, 11) is 0. The number of aromatic nitrogens is 2. The Hall–Kier alpha value is -0.900. The van der Waals surface area contributed by atoms with Crippen LogP contribution < -0.4 is 5.32 Å². The summed E-state index contributed by atoms with van der Waals surface area (Å²) >= 11 is 0. The molecule has 1 aromatic heterocycles. The molecule has 1 heterocycles. The van der Waals surface area contributed by atoms with Gasteiger partial charge in [0.05, 0.1) is 0 Å². The summed E-state index contributed by atoms with van der Waals surface area (Å²) in [6, 6.07) is 0.674. The maximum Gasteiger partial charge on any atom is 0.227 e. The Morgan fingerprint density at radius 2 is 1.52 bits per heavy atom. The highest BCUT2D eigenvalue weighted by Gasteiger charge is 2.10. The lowest BCUT2D eigenvalue weighted by molar-refractivity contribution is 0.360. The van der Waals surface area contributed by atoms with Gasteiger partial charge in [0, 0.05) is 19.0 Å². The molecule has 2 rings (SSSR count). The fraction of sp³-hybridized carbons (Fsp3) is 0.882. The molecule has 0 saturated heterocycles. The predicted octanol–water partition coefficient (Wildman–Crippen LogP) is 4.18. The van der Waals surface area contributed by atoms with E-state index in [1.54, 1.807) is 0 Å². The van der Waals surface area contributed by atoms with Crippen molar-refractivity contribution in [1.82, 2.24) is 15.5 Å². The van der Waals surface area contributed by atoms with Gasteiger partial charge in [-0.05, 0) is 19.8 Å².